The van der Waals surface area contributed by atoms with Crippen molar-refractivity contribution in [1.82, 2.24) is 5.32 Å². The molecule has 0 aliphatic heterocycles. The lowest BCUT2D eigenvalue weighted by molar-refractivity contribution is -0.136. The molecule has 2 aromatic carbocycles. The predicted molar refractivity (Wildman–Crippen MR) is 103 cm³/mol. The topological polar surface area (TPSA) is 94.8 Å². The predicted octanol–water partition coefficient (Wildman–Crippen LogP) is 3.56. The minimum absolute atomic E-state index is 0.171. The highest BCUT2D eigenvalue weighted by Crippen LogP contribution is 2.25. The number of carbonyl (C=O) groups is 2. The molecule has 1 radical (unpaired) electrons. The molecule has 0 bridgehead atoms. The standard InChI is InChI=1S/C21H20NO6/c1-12(22-20(25)28-21(2,3)4)18(23)26-13-9-10-14-15-7-5-6-8-17(15)27-19(24)16(14)11-13/h5,7-12H,1-4H3,(H,22,25)/t12-/m1/s1. The molecule has 1 N–H and O–H groups in total. The average Bonchev–Trinajstić information content (AvgIpc) is 2.60. The maximum atomic E-state index is 12.2. The number of carbonyl (C=O) groups excluding carboxylic acids is 2. The molecule has 3 rings (SSSR count). The van der Waals surface area contributed by atoms with Crippen LogP contribution in [0.25, 0.3) is 21.7 Å². The molecule has 7 heteroatoms. The van der Waals surface area contributed by atoms with Crippen molar-refractivity contribution in [3.05, 3.63) is 52.9 Å². The van der Waals surface area contributed by atoms with E-state index in [9.17, 15) is 14.4 Å². The van der Waals surface area contributed by atoms with Crippen molar-refractivity contribution in [2.24, 2.45) is 0 Å². The molecule has 3 aromatic rings. The Kier molecular flexibility index (Phi) is 5.09. The Morgan fingerprint density at radius 3 is 2.61 bits per heavy atom. The number of alkyl carbamates (subject to hydrolysis) is 1. The van der Waals surface area contributed by atoms with E-state index >= 15 is 0 Å². The number of nitrogens with one attached hydrogen (secondary N) is 1. The molecule has 1 aromatic heterocycles. The third kappa shape index (κ3) is 4.31. The van der Waals surface area contributed by atoms with E-state index in [-0.39, 0.29) is 11.1 Å². The van der Waals surface area contributed by atoms with Gasteiger partial charge in [-0.05, 0) is 64.1 Å². The van der Waals surface area contributed by atoms with Crippen molar-refractivity contribution >= 4 is 33.8 Å². The fraction of sp³-hybridized carbons (Fsp3) is 0.286. The van der Waals surface area contributed by atoms with E-state index in [0.717, 1.165) is 5.39 Å². The monoisotopic (exact) mass is 382 g/mol. The Hall–Kier alpha value is -3.35. The van der Waals surface area contributed by atoms with Crippen molar-refractivity contribution < 1.29 is 23.5 Å². The van der Waals surface area contributed by atoms with Crippen LogP contribution in [0.2, 0.25) is 0 Å². The van der Waals surface area contributed by atoms with E-state index in [2.05, 4.69) is 11.4 Å². The summed E-state index contributed by atoms with van der Waals surface area (Å²) in [7, 11) is 0. The molecular weight excluding hydrogens is 362 g/mol. The van der Waals surface area contributed by atoms with Gasteiger partial charge in [0.25, 0.3) is 0 Å². The van der Waals surface area contributed by atoms with Crippen LogP contribution in [0.5, 0.6) is 5.75 Å². The lowest BCUT2D eigenvalue weighted by Crippen LogP contribution is -2.43. The maximum absolute atomic E-state index is 12.2. The molecule has 0 unspecified atom stereocenters. The maximum Gasteiger partial charge on any atom is 0.408 e. The number of rotatable bonds is 3. The first-order chi connectivity index (χ1) is 13.1. The number of benzene rings is 2. The van der Waals surface area contributed by atoms with Crippen molar-refractivity contribution in [3.63, 3.8) is 0 Å². The summed E-state index contributed by atoms with van der Waals surface area (Å²) in [5.74, 6) is -0.519. The zero-order valence-electron chi connectivity index (χ0n) is 16.0. The van der Waals surface area contributed by atoms with Crippen LogP contribution in [0, 0.1) is 6.07 Å². The van der Waals surface area contributed by atoms with Gasteiger partial charge in [-0.25, -0.2) is 14.4 Å². The SMILES string of the molecule is C[C@@H](NC(=O)OC(C)(C)C)C(=O)Oc1ccc2c(c1)c(=O)oc1c[c]ccc12. The fourth-order valence-corrected chi connectivity index (χ4v) is 2.62. The molecule has 0 fully saturated rings. The fourth-order valence-electron chi connectivity index (χ4n) is 2.62. The molecule has 0 aliphatic carbocycles. The molecule has 1 amide bonds. The number of hydrogen-bond acceptors (Lipinski definition) is 6. The van der Waals surface area contributed by atoms with E-state index in [1.807, 2.05) is 0 Å². The second-order valence-corrected chi connectivity index (χ2v) is 7.31. The number of ether oxygens (including phenoxy) is 2. The normalized spacial score (nSPS) is 12.6. The van der Waals surface area contributed by atoms with Crippen LogP contribution in [0.15, 0.2) is 45.6 Å². The molecule has 28 heavy (non-hydrogen) atoms. The molecule has 0 spiro atoms. The highest BCUT2D eigenvalue weighted by molar-refractivity contribution is 6.04. The smallest absolute Gasteiger partial charge is 0.408 e. The summed E-state index contributed by atoms with van der Waals surface area (Å²) < 4.78 is 15.7. The Morgan fingerprint density at radius 2 is 1.89 bits per heavy atom. The van der Waals surface area contributed by atoms with E-state index in [0.29, 0.717) is 11.0 Å². The van der Waals surface area contributed by atoms with Crippen LogP contribution in [0.4, 0.5) is 4.79 Å². The van der Waals surface area contributed by atoms with Gasteiger partial charge in [0, 0.05) is 10.8 Å². The van der Waals surface area contributed by atoms with Crippen LogP contribution in [-0.4, -0.2) is 23.7 Å². The quantitative estimate of drug-likeness (QED) is 0.322. The van der Waals surface area contributed by atoms with Crippen LogP contribution in [-0.2, 0) is 9.53 Å². The van der Waals surface area contributed by atoms with Crippen LogP contribution in [0.3, 0.4) is 0 Å². The summed E-state index contributed by atoms with van der Waals surface area (Å²) in [5.41, 5.74) is -0.791. The average molecular weight is 382 g/mol. The minimum Gasteiger partial charge on any atom is -0.444 e. The van der Waals surface area contributed by atoms with E-state index < -0.39 is 29.3 Å². The summed E-state index contributed by atoms with van der Waals surface area (Å²) in [6, 6.07) is 11.7. The van der Waals surface area contributed by atoms with Gasteiger partial charge in [0.2, 0.25) is 0 Å². The molecule has 0 saturated heterocycles. The van der Waals surface area contributed by atoms with Gasteiger partial charge in [0.15, 0.2) is 0 Å². The summed E-state index contributed by atoms with van der Waals surface area (Å²) >= 11 is 0. The van der Waals surface area contributed by atoms with Gasteiger partial charge < -0.3 is 19.2 Å². The van der Waals surface area contributed by atoms with Gasteiger partial charge >= 0.3 is 17.7 Å². The second-order valence-electron chi connectivity index (χ2n) is 7.31. The third-order valence-corrected chi connectivity index (χ3v) is 3.84. The molecular formula is C21H20NO6. The van der Waals surface area contributed by atoms with E-state index in [4.69, 9.17) is 13.9 Å². The Balaban J connectivity index is 1.80. The first kappa shape index (κ1) is 19.4. The Labute approximate surface area is 161 Å². The first-order valence-corrected chi connectivity index (χ1v) is 8.72. The summed E-state index contributed by atoms with van der Waals surface area (Å²) in [6.07, 6.45) is -0.723. The van der Waals surface area contributed by atoms with Crippen LogP contribution >= 0.6 is 0 Å². The van der Waals surface area contributed by atoms with Gasteiger partial charge in [0.05, 0.1) is 5.39 Å². The molecule has 1 heterocycles. The van der Waals surface area contributed by atoms with Crippen molar-refractivity contribution in [1.29, 1.82) is 0 Å². The Bertz CT molecular complexity index is 1110. The highest BCUT2D eigenvalue weighted by atomic mass is 16.6. The third-order valence-electron chi connectivity index (χ3n) is 3.84. The minimum atomic E-state index is -0.936. The largest absolute Gasteiger partial charge is 0.444 e. The van der Waals surface area contributed by atoms with Gasteiger partial charge in [-0.15, -0.1) is 0 Å². The van der Waals surface area contributed by atoms with Crippen LogP contribution < -0.4 is 15.7 Å². The molecule has 7 nitrogen and oxygen atoms in total. The van der Waals surface area contributed by atoms with Crippen molar-refractivity contribution in [3.8, 4) is 5.75 Å². The molecule has 145 valence electrons. The van der Waals surface area contributed by atoms with Gasteiger partial charge in [-0.3, -0.25) is 0 Å². The van der Waals surface area contributed by atoms with Gasteiger partial charge in [-0.2, -0.15) is 0 Å². The van der Waals surface area contributed by atoms with Crippen molar-refractivity contribution in [2.45, 2.75) is 39.3 Å². The van der Waals surface area contributed by atoms with Crippen molar-refractivity contribution in [2.75, 3.05) is 0 Å². The number of esters is 1. The first-order valence-electron chi connectivity index (χ1n) is 8.72. The zero-order valence-corrected chi connectivity index (χ0v) is 16.0. The lowest BCUT2D eigenvalue weighted by atomic mass is 10.1. The summed E-state index contributed by atoms with van der Waals surface area (Å²) in [5, 5.41) is 4.13. The van der Waals surface area contributed by atoms with E-state index in [1.165, 1.54) is 13.0 Å². The van der Waals surface area contributed by atoms with E-state index in [1.54, 1.807) is 51.1 Å². The van der Waals surface area contributed by atoms with Gasteiger partial charge in [-0.1, -0.05) is 6.07 Å². The molecule has 0 saturated carbocycles. The zero-order chi connectivity index (χ0) is 20.5. The summed E-state index contributed by atoms with van der Waals surface area (Å²) in [6.45, 7) is 6.64. The van der Waals surface area contributed by atoms with Crippen LogP contribution in [0.1, 0.15) is 27.7 Å². The Morgan fingerprint density at radius 1 is 1.14 bits per heavy atom. The highest BCUT2D eigenvalue weighted by Gasteiger charge is 2.22. The number of amides is 1. The lowest BCUT2D eigenvalue weighted by Gasteiger charge is -2.21. The van der Waals surface area contributed by atoms with Gasteiger partial charge in [0.1, 0.15) is 23.0 Å². The molecule has 1 atom stereocenters. The number of fused-ring (bicyclic) bond motifs is 3. The summed E-state index contributed by atoms with van der Waals surface area (Å²) in [4.78, 5) is 36.3. The molecule has 0 aliphatic rings. The number of hydrogen-bond donors (Lipinski definition) is 1. The second kappa shape index (κ2) is 7.34.